The first kappa shape index (κ1) is 23.9. The molecule has 0 saturated heterocycles. The van der Waals surface area contributed by atoms with E-state index in [0.717, 1.165) is 42.4 Å². The first-order valence-electron chi connectivity index (χ1n) is 10.6. The third kappa shape index (κ3) is 6.28. The molecule has 29 heavy (non-hydrogen) atoms. The summed E-state index contributed by atoms with van der Waals surface area (Å²) in [6, 6.07) is 2.08. The second-order valence-corrected chi connectivity index (χ2v) is 10.6. The smallest absolute Gasteiger partial charge is 0.338 e. The second-order valence-electron chi connectivity index (χ2n) is 8.52. The van der Waals surface area contributed by atoms with E-state index in [1.165, 1.54) is 11.6 Å². The van der Waals surface area contributed by atoms with Gasteiger partial charge >= 0.3 is 7.60 Å². The van der Waals surface area contributed by atoms with Crippen molar-refractivity contribution in [1.29, 1.82) is 0 Å². The zero-order chi connectivity index (χ0) is 21.7. The summed E-state index contributed by atoms with van der Waals surface area (Å²) in [6.07, 6.45) is 7.70. The fourth-order valence-corrected chi connectivity index (χ4v) is 5.38. The van der Waals surface area contributed by atoms with Gasteiger partial charge in [-0.3, -0.25) is 9.36 Å². The summed E-state index contributed by atoms with van der Waals surface area (Å²) in [5, 5.41) is 10.8. The third-order valence-corrected chi connectivity index (χ3v) is 7.17. The van der Waals surface area contributed by atoms with Gasteiger partial charge < -0.3 is 14.2 Å². The molecule has 6 heteroatoms. The second kappa shape index (κ2) is 10.1. The molecule has 1 aromatic carbocycles. The Balaban J connectivity index is 2.21. The Morgan fingerprint density at radius 2 is 1.72 bits per heavy atom. The number of hydrogen-bond acceptors (Lipinski definition) is 5. The highest BCUT2D eigenvalue weighted by molar-refractivity contribution is 7.54. The van der Waals surface area contributed by atoms with Crippen LogP contribution in [-0.2, 0) is 43.1 Å². The van der Waals surface area contributed by atoms with Crippen molar-refractivity contribution in [1.82, 2.24) is 0 Å². The number of rotatable bonds is 9. The predicted molar refractivity (Wildman–Crippen MR) is 117 cm³/mol. The van der Waals surface area contributed by atoms with Crippen LogP contribution in [0, 0.1) is 0 Å². The van der Waals surface area contributed by atoms with E-state index in [1.54, 1.807) is 13.8 Å². The molecule has 1 aromatic rings. The molecule has 0 heterocycles. The highest BCUT2D eigenvalue weighted by atomic mass is 31.2. The lowest BCUT2D eigenvalue weighted by atomic mass is 9.78. The largest absolute Gasteiger partial charge is 0.507 e. The van der Waals surface area contributed by atoms with Crippen molar-refractivity contribution in [3.05, 3.63) is 40.5 Å². The molecule has 2 rings (SSSR count). The zero-order valence-electron chi connectivity index (χ0n) is 18.4. The van der Waals surface area contributed by atoms with Gasteiger partial charge in [0.15, 0.2) is 5.78 Å². The summed E-state index contributed by atoms with van der Waals surface area (Å²) in [6.45, 7) is 10.2. The molecular weight excluding hydrogens is 387 g/mol. The number of carbonyl (C=O) groups is 1. The van der Waals surface area contributed by atoms with Crippen LogP contribution in [-0.4, -0.2) is 30.3 Å². The van der Waals surface area contributed by atoms with Gasteiger partial charge in [0.25, 0.3) is 0 Å². The molecule has 5 nitrogen and oxygen atoms in total. The van der Waals surface area contributed by atoms with E-state index in [2.05, 4.69) is 26.8 Å². The number of fused-ring (bicyclic) bond motifs is 1. The lowest BCUT2D eigenvalue weighted by Crippen LogP contribution is -2.16. The van der Waals surface area contributed by atoms with Crippen LogP contribution in [0.25, 0.3) is 0 Å². The van der Waals surface area contributed by atoms with E-state index >= 15 is 0 Å². The maximum atomic E-state index is 12.5. The van der Waals surface area contributed by atoms with Crippen molar-refractivity contribution in [3.63, 3.8) is 0 Å². The third-order valence-electron chi connectivity index (χ3n) is 5.17. The van der Waals surface area contributed by atoms with Gasteiger partial charge in [-0.15, -0.1) is 0 Å². The minimum Gasteiger partial charge on any atom is -0.507 e. The molecule has 0 amide bonds. The Bertz CT molecular complexity index is 794. The summed E-state index contributed by atoms with van der Waals surface area (Å²) in [5.74, 6) is 0.171. The number of hydrogen-bond donors (Lipinski definition) is 1. The molecule has 1 aliphatic rings. The predicted octanol–water partition coefficient (Wildman–Crippen LogP) is 5.50. The van der Waals surface area contributed by atoms with E-state index < -0.39 is 7.60 Å². The number of phenols is 1. The highest BCUT2D eigenvalue weighted by Crippen LogP contribution is 2.47. The van der Waals surface area contributed by atoms with Crippen LogP contribution >= 0.6 is 7.60 Å². The van der Waals surface area contributed by atoms with Gasteiger partial charge in [0, 0.05) is 0 Å². The van der Waals surface area contributed by atoms with E-state index in [4.69, 9.17) is 9.05 Å². The molecular formula is C23H35O5P. The highest BCUT2D eigenvalue weighted by Gasteiger charge is 2.27. The molecule has 0 radical (unpaired) electrons. The Kier molecular flexibility index (Phi) is 8.28. The molecule has 0 aromatic heterocycles. The average molecular weight is 423 g/mol. The minimum atomic E-state index is -3.38. The van der Waals surface area contributed by atoms with Gasteiger partial charge in [-0.1, -0.05) is 32.9 Å². The number of carbonyl (C=O) groups excluding carboxylic acids is 1. The quantitative estimate of drug-likeness (QED) is 0.420. The van der Waals surface area contributed by atoms with E-state index in [1.807, 2.05) is 6.08 Å². The Morgan fingerprint density at radius 1 is 1.14 bits per heavy atom. The topological polar surface area (TPSA) is 72.8 Å². The van der Waals surface area contributed by atoms with Crippen molar-refractivity contribution in [2.75, 3.05) is 19.4 Å². The molecule has 1 aliphatic carbocycles. The molecule has 0 saturated carbocycles. The van der Waals surface area contributed by atoms with Crippen LogP contribution < -0.4 is 0 Å². The molecule has 0 spiro atoms. The van der Waals surface area contributed by atoms with Crippen LogP contribution in [0.1, 0.15) is 69.7 Å². The van der Waals surface area contributed by atoms with Crippen molar-refractivity contribution in [3.8, 4) is 5.75 Å². The summed E-state index contributed by atoms with van der Waals surface area (Å²) in [7, 11) is -3.38. The van der Waals surface area contributed by atoms with E-state index in [9.17, 15) is 14.5 Å². The average Bonchev–Trinajstić information content (AvgIpc) is 2.63. The number of aromatic hydroxyl groups is 1. The first-order chi connectivity index (χ1) is 13.6. The van der Waals surface area contributed by atoms with Crippen molar-refractivity contribution < 1.29 is 23.5 Å². The first-order valence-corrected chi connectivity index (χ1v) is 12.3. The monoisotopic (exact) mass is 422 g/mol. The maximum absolute atomic E-state index is 12.5. The Labute approximate surface area is 175 Å². The van der Waals surface area contributed by atoms with Gasteiger partial charge in [0.2, 0.25) is 0 Å². The number of benzene rings is 1. The van der Waals surface area contributed by atoms with Crippen LogP contribution in [0.4, 0.5) is 0 Å². The lowest BCUT2D eigenvalue weighted by Gasteiger charge is -2.28. The Morgan fingerprint density at radius 3 is 2.28 bits per heavy atom. The Hall–Kier alpha value is -1.42. The van der Waals surface area contributed by atoms with Gasteiger partial charge in [0.1, 0.15) is 11.9 Å². The number of ketones is 1. The SMILES string of the molecule is CCOP(=O)(CC(=O)/C=C/Cc1cc(C(C)(C)C)c(O)c2c1CCCC2)OCC. The van der Waals surface area contributed by atoms with Crippen LogP contribution in [0.2, 0.25) is 0 Å². The fourth-order valence-electron chi connectivity index (χ4n) is 3.85. The van der Waals surface area contributed by atoms with Crippen molar-refractivity contribution in [2.24, 2.45) is 0 Å². The van der Waals surface area contributed by atoms with Gasteiger partial charge in [-0.25, -0.2) is 0 Å². The molecule has 0 aliphatic heterocycles. The minimum absolute atomic E-state index is 0.160. The molecule has 162 valence electrons. The summed E-state index contributed by atoms with van der Waals surface area (Å²) in [4.78, 5) is 12.3. The summed E-state index contributed by atoms with van der Waals surface area (Å²) < 4.78 is 22.9. The number of allylic oxidation sites excluding steroid dienone is 2. The van der Waals surface area contributed by atoms with Crippen LogP contribution in [0.3, 0.4) is 0 Å². The standard InChI is InChI=1S/C23H35O5P/c1-6-27-29(26,28-7-2)16-18(24)12-10-11-17-15-21(23(3,4)5)22(25)20-14-9-8-13-19(17)20/h10,12,15,25H,6-9,11,13-14,16H2,1-5H3/b12-10+. The summed E-state index contributed by atoms with van der Waals surface area (Å²) in [5.41, 5.74) is 4.23. The molecule has 0 bridgehead atoms. The zero-order valence-corrected chi connectivity index (χ0v) is 19.3. The van der Waals surface area contributed by atoms with Gasteiger partial charge in [0.05, 0.1) is 13.2 Å². The molecule has 0 unspecified atom stereocenters. The van der Waals surface area contributed by atoms with Crippen LogP contribution in [0.5, 0.6) is 5.75 Å². The van der Waals surface area contributed by atoms with Gasteiger partial charge in [-0.2, -0.15) is 0 Å². The van der Waals surface area contributed by atoms with E-state index in [-0.39, 0.29) is 30.6 Å². The summed E-state index contributed by atoms with van der Waals surface area (Å²) >= 11 is 0. The molecule has 0 atom stereocenters. The van der Waals surface area contributed by atoms with Gasteiger partial charge in [-0.05, 0) is 79.7 Å². The maximum Gasteiger partial charge on any atom is 0.338 e. The normalized spacial score (nSPS) is 14.9. The number of phenolic OH excluding ortho intramolecular Hbond substituents is 1. The lowest BCUT2D eigenvalue weighted by molar-refractivity contribution is -0.112. The molecule has 1 N–H and O–H groups in total. The van der Waals surface area contributed by atoms with Crippen molar-refractivity contribution >= 4 is 13.4 Å². The fraction of sp³-hybridized carbons (Fsp3) is 0.609. The molecule has 0 fully saturated rings. The van der Waals surface area contributed by atoms with Crippen molar-refractivity contribution in [2.45, 2.75) is 72.1 Å². The van der Waals surface area contributed by atoms with Crippen LogP contribution in [0.15, 0.2) is 18.2 Å². The van der Waals surface area contributed by atoms with E-state index in [0.29, 0.717) is 12.2 Å².